The number of aromatic nitrogens is 4. The molecule has 5 nitrogen and oxygen atoms in total. The third-order valence-corrected chi connectivity index (χ3v) is 12.1. The van der Waals surface area contributed by atoms with Crippen molar-refractivity contribution in [2.24, 2.45) is 0 Å². The Morgan fingerprint density at radius 1 is 0.371 bits per heavy atom. The molecule has 0 aliphatic carbocycles. The van der Waals surface area contributed by atoms with E-state index in [0.29, 0.717) is 17.5 Å². The Morgan fingerprint density at radius 3 is 1.60 bits per heavy atom. The van der Waals surface area contributed by atoms with Gasteiger partial charge in [0.15, 0.2) is 17.5 Å². The van der Waals surface area contributed by atoms with E-state index in [2.05, 4.69) is 164 Å². The average Bonchev–Trinajstić information content (AvgIpc) is 3.36. The first kappa shape index (κ1) is 35.6. The molecule has 0 radical (unpaired) electrons. The maximum absolute atomic E-state index is 5.40. The van der Waals surface area contributed by atoms with Crippen molar-refractivity contribution >= 4 is 55.0 Å². The van der Waals surface area contributed by atoms with Crippen molar-refractivity contribution < 1.29 is 0 Å². The minimum atomic E-state index is -0.264. The molecule has 290 valence electrons. The molecule has 0 N–H and O–H groups in total. The number of hydrogen-bond donors (Lipinski definition) is 0. The van der Waals surface area contributed by atoms with Crippen LogP contribution in [0.4, 0.5) is 5.69 Å². The molecule has 2 aromatic heterocycles. The van der Waals surface area contributed by atoms with Gasteiger partial charge in [-0.05, 0) is 89.8 Å². The number of fused-ring (bicyclic) bond motifs is 9. The summed E-state index contributed by atoms with van der Waals surface area (Å²) in [7, 11) is 0. The molecule has 0 saturated carbocycles. The fraction of sp³-hybridized carbons (Fsp3) is 0.0175. The summed E-state index contributed by atoms with van der Waals surface area (Å²) in [5, 5.41) is 13.9. The lowest BCUT2D eigenvalue weighted by atomic mass is 9.90. The molecule has 3 heterocycles. The van der Waals surface area contributed by atoms with Gasteiger partial charge in [-0.2, -0.15) is 0 Å². The van der Waals surface area contributed by atoms with Crippen molar-refractivity contribution in [3.05, 3.63) is 223 Å². The number of nitrogens with zero attached hydrogens (tertiary/aromatic N) is 5. The van der Waals surface area contributed by atoms with Crippen LogP contribution in [-0.2, 0) is 0 Å². The van der Waals surface area contributed by atoms with Gasteiger partial charge in [0, 0.05) is 22.9 Å². The van der Waals surface area contributed by atoms with Gasteiger partial charge in [0.1, 0.15) is 0 Å². The van der Waals surface area contributed by atoms with Gasteiger partial charge in [0.25, 0.3) is 0 Å². The summed E-state index contributed by atoms with van der Waals surface area (Å²) in [6, 6.07) is 68.1. The number of benzene rings is 9. The van der Waals surface area contributed by atoms with Crippen LogP contribution in [0.25, 0.3) is 111 Å². The molecule has 9 aromatic carbocycles. The van der Waals surface area contributed by atoms with Crippen LogP contribution in [0.15, 0.2) is 206 Å². The maximum atomic E-state index is 5.40. The van der Waals surface area contributed by atoms with E-state index in [4.69, 9.17) is 25.3 Å². The standard InChI is InChI=1S/C57H36N5/c1-3-12-36(13-4-1)37-21-25-41(26-22-37)56-60-55(40-14-5-2-6-15-40)61-57(62-56)45-33-43(32-44(34-45)52-30-28-39-24-23-38-16-11-31-58-53(38)54(39)59-52)42-27-29-50-48-19-8-7-17-46(48)47-18-9-10-20-49(47)51(50)35-42/h1-35,52H/q-1. The second kappa shape index (κ2) is 14.8. The summed E-state index contributed by atoms with van der Waals surface area (Å²) in [5.74, 6) is 1.81. The van der Waals surface area contributed by atoms with Crippen LogP contribution in [0.2, 0.25) is 0 Å². The topological polar surface area (TPSA) is 65.7 Å². The highest BCUT2D eigenvalue weighted by Crippen LogP contribution is 2.46. The van der Waals surface area contributed by atoms with E-state index >= 15 is 0 Å². The molecule has 11 aromatic rings. The first-order valence-corrected chi connectivity index (χ1v) is 20.9. The minimum absolute atomic E-state index is 0.264. The number of hydrogen-bond acceptors (Lipinski definition) is 4. The molecule has 1 aliphatic heterocycles. The molecule has 0 saturated heterocycles. The maximum Gasteiger partial charge on any atom is 0.164 e. The largest absolute Gasteiger partial charge is 0.673 e. The Kier molecular flexibility index (Phi) is 8.49. The van der Waals surface area contributed by atoms with Gasteiger partial charge >= 0.3 is 0 Å². The van der Waals surface area contributed by atoms with E-state index in [1.807, 2.05) is 48.7 Å². The molecule has 5 heteroatoms. The quantitative estimate of drug-likeness (QED) is 0.157. The monoisotopic (exact) mass is 790 g/mol. The zero-order chi connectivity index (χ0) is 41.0. The summed E-state index contributed by atoms with van der Waals surface area (Å²) in [6.07, 6.45) is 6.20. The van der Waals surface area contributed by atoms with E-state index in [9.17, 15) is 0 Å². The van der Waals surface area contributed by atoms with Crippen molar-refractivity contribution in [2.45, 2.75) is 6.04 Å². The molecular weight excluding hydrogens is 755 g/mol. The highest BCUT2D eigenvalue weighted by atomic mass is 15.0. The molecule has 0 amide bonds. The third kappa shape index (κ3) is 6.27. The van der Waals surface area contributed by atoms with Crippen molar-refractivity contribution in [1.82, 2.24) is 19.9 Å². The van der Waals surface area contributed by atoms with Crippen LogP contribution >= 0.6 is 0 Å². The lowest BCUT2D eigenvalue weighted by Gasteiger charge is -2.37. The molecule has 1 unspecified atom stereocenters. The normalized spacial score (nSPS) is 13.4. The van der Waals surface area contributed by atoms with Gasteiger partial charge in [-0.15, -0.1) is 5.69 Å². The molecule has 12 rings (SSSR count). The lowest BCUT2D eigenvalue weighted by Crippen LogP contribution is -2.03. The van der Waals surface area contributed by atoms with Crippen molar-refractivity contribution in [1.29, 1.82) is 0 Å². The highest BCUT2D eigenvalue weighted by Gasteiger charge is 2.18. The molecule has 62 heavy (non-hydrogen) atoms. The second-order valence-electron chi connectivity index (χ2n) is 15.8. The molecule has 0 fully saturated rings. The van der Waals surface area contributed by atoms with Gasteiger partial charge in [0.2, 0.25) is 0 Å². The highest BCUT2D eigenvalue weighted by molar-refractivity contribution is 6.25. The average molecular weight is 791 g/mol. The zero-order valence-electron chi connectivity index (χ0n) is 33.5. The second-order valence-corrected chi connectivity index (χ2v) is 15.8. The molecule has 1 aliphatic rings. The summed E-state index contributed by atoms with van der Waals surface area (Å²) in [5.41, 5.74) is 11.1. The van der Waals surface area contributed by atoms with Crippen molar-refractivity contribution in [2.75, 3.05) is 0 Å². The van der Waals surface area contributed by atoms with Gasteiger partial charge < -0.3 is 5.32 Å². The van der Waals surface area contributed by atoms with E-state index in [1.54, 1.807) is 0 Å². The van der Waals surface area contributed by atoms with Crippen molar-refractivity contribution in [3.8, 4) is 56.4 Å². The van der Waals surface area contributed by atoms with Crippen LogP contribution in [0, 0.1) is 0 Å². The Hall–Kier alpha value is -8.28. The number of pyridine rings is 1. The third-order valence-electron chi connectivity index (χ3n) is 12.1. The zero-order valence-corrected chi connectivity index (χ0v) is 33.5. The van der Waals surface area contributed by atoms with E-state index in [1.165, 1.54) is 32.3 Å². The molecule has 0 bridgehead atoms. The first-order valence-electron chi connectivity index (χ1n) is 20.9. The fourth-order valence-electron chi connectivity index (χ4n) is 8.98. The van der Waals surface area contributed by atoms with Crippen LogP contribution in [0.5, 0.6) is 0 Å². The minimum Gasteiger partial charge on any atom is -0.673 e. The molecule has 0 spiro atoms. The predicted molar refractivity (Wildman–Crippen MR) is 256 cm³/mol. The van der Waals surface area contributed by atoms with Crippen molar-refractivity contribution in [3.63, 3.8) is 0 Å². The molecule has 1 atom stereocenters. The van der Waals surface area contributed by atoms with Gasteiger partial charge in [-0.1, -0.05) is 194 Å². The summed E-state index contributed by atoms with van der Waals surface area (Å²) in [4.78, 5) is 20.3. The van der Waals surface area contributed by atoms with Gasteiger partial charge in [0.05, 0.1) is 5.52 Å². The van der Waals surface area contributed by atoms with E-state index < -0.39 is 0 Å². The Morgan fingerprint density at radius 2 is 0.903 bits per heavy atom. The number of rotatable bonds is 6. The Bertz CT molecular complexity index is 3510. The lowest BCUT2D eigenvalue weighted by molar-refractivity contribution is 1.03. The molecular formula is C57H36N5-. The Balaban J connectivity index is 1.06. The summed E-state index contributed by atoms with van der Waals surface area (Å²) >= 11 is 0. The van der Waals surface area contributed by atoms with E-state index in [0.717, 1.165) is 66.7 Å². The van der Waals surface area contributed by atoms with Crippen LogP contribution < -0.4 is 0 Å². The summed E-state index contributed by atoms with van der Waals surface area (Å²) < 4.78 is 0. The van der Waals surface area contributed by atoms with Crippen LogP contribution in [-0.4, -0.2) is 19.9 Å². The van der Waals surface area contributed by atoms with E-state index in [-0.39, 0.29) is 6.04 Å². The van der Waals surface area contributed by atoms with Crippen LogP contribution in [0.1, 0.15) is 17.2 Å². The van der Waals surface area contributed by atoms with Gasteiger partial charge in [-0.25, -0.2) is 15.0 Å². The fourth-order valence-corrected chi connectivity index (χ4v) is 8.98. The predicted octanol–water partition coefficient (Wildman–Crippen LogP) is 15.0. The summed E-state index contributed by atoms with van der Waals surface area (Å²) in [6.45, 7) is 0. The first-order chi connectivity index (χ1) is 30.7. The smallest absolute Gasteiger partial charge is 0.164 e. The van der Waals surface area contributed by atoms with Crippen LogP contribution in [0.3, 0.4) is 0 Å². The van der Waals surface area contributed by atoms with Gasteiger partial charge in [-0.3, -0.25) is 4.98 Å². The SMILES string of the molecule is C1=CC(c2cc(-c3ccc4c5ccccc5c5ccccc5c4c3)cc(-c3nc(-c4ccccc4)nc(-c4ccc(-c5ccccc5)cc4)n3)c2)[N-]c2c1ccc1cccnc21. The Labute approximate surface area is 358 Å².